The molecule has 1 aromatic rings. The summed E-state index contributed by atoms with van der Waals surface area (Å²) in [7, 11) is 0. The van der Waals surface area contributed by atoms with Gasteiger partial charge in [0.15, 0.2) is 0 Å². The predicted molar refractivity (Wildman–Crippen MR) is 72.1 cm³/mol. The quantitative estimate of drug-likeness (QED) is 0.832. The Bertz CT molecular complexity index is 467. The molecule has 0 saturated heterocycles. The number of hydrogen-bond acceptors (Lipinski definition) is 1. The number of rotatable bonds is 2. The largest absolute Gasteiger partial charge is 0.416 e. The molecule has 0 aliphatic heterocycles. The second kappa shape index (κ2) is 5.40. The topological polar surface area (TPSA) is 20.2 Å². The van der Waals surface area contributed by atoms with E-state index < -0.39 is 17.3 Å². The zero-order valence-corrected chi connectivity index (χ0v) is 11.9. The van der Waals surface area contributed by atoms with Gasteiger partial charge < -0.3 is 5.11 Å². The number of benzene rings is 1. The van der Waals surface area contributed by atoms with Gasteiger partial charge in [0.25, 0.3) is 0 Å². The molecule has 2 atom stereocenters. The van der Waals surface area contributed by atoms with Crippen LogP contribution in [0, 0.1) is 11.8 Å². The summed E-state index contributed by atoms with van der Waals surface area (Å²) < 4.78 is 38.3. The normalized spacial score (nSPS) is 27.9. The first-order chi connectivity index (χ1) is 9.22. The fraction of sp³-hybridized carbons (Fsp3) is 0.625. The molecule has 20 heavy (non-hydrogen) atoms. The van der Waals surface area contributed by atoms with Gasteiger partial charge in [-0.25, -0.2) is 0 Å². The van der Waals surface area contributed by atoms with E-state index in [0.717, 1.165) is 25.0 Å². The summed E-state index contributed by atoms with van der Waals surface area (Å²) in [5.41, 5.74) is -1.40. The van der Waals surface area contributed by atoms with Crippen LogP contribution in [0.2, 0.25) is 0 Å². The van der Waals surface area contributed by atoms with Gasteiger partial charge in [0, 0.05) is 0 Å². The van der Waals surface area contributed by atoms with E-state index in [0.29, 0.717) is 30.2 Å². The van der Waals surface area contributed by atoms with Crippen LogP contribution in [0.4, 0.5) is 13.2 Å². The van der Waals surface area contributed by atoms with Gasteiger partial charge in [0.05, 0.1) is 11.2 Å². The molecule has 2 unspecified atom stereocenters. The van der Waals surface area contributed by atoms with Gasteiger partial charge in [-0.05, 0) is 55.2 Å². The van der Waals surface area contributed by atoms with Crippen molar-refractivity contribution in [3.05, 3.63) is 35.4 Å². The van der Waals surface area contributed by atoms with Gasteiger partial charge in [-0.3, -0.25) is 0 Å². The molecule has 1 nitrogen and oxygen atoms in total. The number of aliphatic hydroxyl groups is 1. The van der Waals surface area contributed by atoms with Crippen molar-refractivity contribution in [1.29, 1.82) is 0 Å². The Kier molecular flexibility index (Phi) is 4.14. The van der Waals surface area contributed by atoms with E-state index in [1.807, 2.05) is 0 Å². The van der Waals surface area contributed by atoms with E-state index in [-0.39, 0.29) is 0 Å². The summed E-state index contributed by atoms with van der Waals surface area (Å²) in [6.07, 6.45) is -1.38. The third-order valence-electron chi connectivity index (χ3n) is 4.44. The zero-order chi connectivity index (χ0) is 15.0. The molecule has 1 aromatic carbocycles. The number of alkyl halides is 3. The van der Waals surface area contributed by atoms with Crippen LogP contribution in [-0.2, 0) is 11.8 Å². The maximum absolute atomic E-state index is 12.8. The average Bonchev–Trinajstić information content (AvgIpc) is 2.38. The number of hydrogen-bond donors (Lipinski definition) is 1. The second-order valence-corrected chi connectivity index (χ2v) is 6.21. The van der Waals surface area contributed by atoms with E-state index in [1.54, 1.807) is 6.07 Å². The van der Waals surface area contributed by atoms with Crippen molar-refractivity contribution in [2.75, 3.05) is 0 Å². The summed E-state index contributed by atoms with van der Waals surface area (Å²) in [5, 5.41) is 10.8. The lowest BCUT2D eigenvalue weighted by Crippen LogP contribution is -2.34. The highest BCUT2D eigenvalue weighted by Gasteiger charge is 2.38. The van der Waals surface area contributed by atoms with Gasteiger partial charge in [0.1, 0.15) is 0 Å². The Labute approximate surface area is 117 Å². The highest BCUT2D eigenvalue weighted by molar-refractivity contribution is 5.30. The fourth-order valence-electron chi connectivity index (χ4n) is 3.11. The summed E-state index contributed by atoms with van der Waals surface area (Å²) in [4.78, 5) is 0. The van der Waals surface area contributed by atoms with Crippen molar-refractivity contribution in [2.24, 2.45) is 11.8 Å². The van der Waals surface area contributed by atoms with Crippen molar-refractivity contribution in [3.8, 4) is 0 Å². The molecule has 0 aromatic heterocycles. The molecule has 1 saturated carbocycles. The van der Waals surface area contributed by atoms with Crippen LogP contribution >= 0.6 is 0 Å². The third-order valence-corrected chi connectivity index (χ3v) is 4.44. The van der Waals surface area contributed by atoms with Gasteiger partial charge >= 0.3 is 6.18 Å². The van der Waals surface area contributed by atoms with Crippen molar-refractivity contribution in [1.82, 2.24) is 0 Å². The first kappa shape index (κ1) is 15.4. The lowest BCUT2D eigenvalue weighted by molar-refractivity contribution is -0.137. The maximum atomic E-state index is 12.8. The smallest absolute Gasteiger partial charge is 0.385 e. The molecular weight excluding hydrogens is 265 g/mol. The molecule has 0 bridgehead atoms. The van der Waals surface area contributed by atoms with E-state index in [4.69, 9.17) is 0 Å². The van der Waals surface area contributed by atoms with Crippen LogP contribution in [0.15, 0.2) is 24.3 Å². The Hall–Kier alpha value is -1.03. The fourth-order valence-corrected chi connectivity index (χ4v) is 3.11. The minimum atomic E-state index is -4.36. The van der Waals surface area contributed by atoms with Crippen LogP contribution in [-0.4, -0.2) is 5.11 Å². The maximum Gasteiger partial charge on any atom is 0.416 e. The van der Waals surface area contributed by atoms with Crippen LogP contribution in [0.25, 0.3) is 0 Å². The van der Waals surface area contributed by atoms with Gasteiger partial charge in [0.2, 0.25) is 0 Å². The molecule has 0 heterocycles. The molecule has 0 spiro atoms. The Morgan fingerprint density at radius 3 is 2.60 bits per heavy atom. The van der Waals surface area contributed by atoms with Crippen LogP contribution in [0.3, 0.4) is 0 Å². The van der Waals surface area contributed by atoms with Crippen molar-refractivity contribution in [3.63, 3.8) is 0 Å². The second-order valence-electron chi connectivity index (χ2n) is 6.21. The molecule has 112 valence electrons. The number of halogens is 3. The third kappa shape index (κ3) is 3.17. The minimum Gasteiger partial charge on any atom is -0.385 e. The Balaban J connectivity index is 2.30. The molecule has 1 aliphatic carbocycles. The zero-order valence-electron chi connectivity index (χ0n) is 11.9. The Morgan fingerprint density at radius 1 is 1.30 bits per heavy atom. The first-order valence-electron chi connectivity index (χ1n) is 7.12. The molecule has 0 amide bonds. The molecule has 1 fully saturated rings. The van der Waals surface area contributed by atoms with E-state index in [9.17, 15) is 18.3 Å². The molecule has 4 heteroatoms. The lowest BCUT2D eigenvalue weighted by Gasteiger charge is -2.39. The standard InChI is InChI=1S/C16H21F3O/c1-11(2)12-5-4-8-15(20,10-12)13-6-3-7-14(9-13)16(17,18)19/h3,6-7,9,11-12,20H,4-5,8,10H2,1-2H3. The molecule has 1 aliphatic rings. The van der Waals surface area contributed by atoms with Gasteiger partial charge in [-0.2, -0.15) is 13.2 Å². The first-order valence-corrected chi connectivity index (χ1v) is 7.12. The SMILES string of the molecule is CC(C)C1CCCC(O)(c2cccc(C(F)(F)F)c2)C1. The van der Waals surface area contributed by atoms with Crippen LogP contribution in [0.5, 0.6) is 0 Å². The average molecular weight is 286 g/mol. The van der Waals surface area contributed by atoms with E-state index >= 15 is 0 Å². The lowest BCUT2D eigenvalue weighted by atomic mass is 9.71. The van der Waals surface area contributed by atoms with Gasteiger partial charge in [-0.1, -0.05) is 26.0 Å². The minimum absolute atomic E-state index is 0.364. The molecular formula is C16H21F3O. The summed E-state index contributed by atoms with van der Waals surface area (Å²) in [5.74, 6) is 0.802. The summed E-state index contributed by atoms with van der Waals surface area (Å²) in [6, 6.07) is 5.14. The highest BCUT2D eigenvalue weighted by Crippen LogP contribution is 2.43. The van der Waals surface area contributed by atoms with Crippen molar-refractivity contribution < 1.29 is 18.3 Å². The van der Waals surface area contributed by atoms with E-state index in [1.165, 1.54) is 6.07 Å². The predicted octanol–water partition coefficient (Wildman–Crippen LogP) is 4.74. The monoisotopic (exact) mass is 286 g/mol. The highest BCUT2D eigenvalue weighted by atomic mass is 19.4. The van der Waals surface area contributed by atoms with Crippen LogP contribution in [0.1, 0.15) is 50.7 Å². The summed E-state index contributed by atoms with van der Waals surface area (Å²) >= 11 is 0. The summed E-state index contributed by atoms with van der Waals surface area (Å²) in [6.45, 7) is 4.20. The van der Waals surface area contributed by atoms with E-state index in [2.05, 4.69) is 13.8 Å². The van der Waals surface area contributed by atoms with Gasteiger partial charge in [-0.15, -0.1) is 0 Å². The molecule has 2 rings (SSSR count). The Morgan fingerprint density at radius 2 is 2.00 bits per heavy atom. The van der Waals surface area contributed by atoms with Crippen molar-refractivity contribution >= 4 is 0 Å². The molecule has 1 N–H and O–H groups in total. The van der Waals surface area contributed by atoms with Crippen LogP contribution < -0.4 is 0 Å². The van der Waals surface area contributed by atoms with Crippen molar-refractivity contribution in [2.45, 2.75) is 51.3 Å². The molecule has 0 radical (unpaired) electrons.